The van der Waals surface area contributed by atoms with Gasteiger partial charge in [0, 0.05) is 7.05 Å². The summed E-state index contributed by atoms with van der Waals surface area (Å²) >= 11 is 7.42. The van der Waals surface area contributed by atoms with E-state index in [1.54, 1.807) is 7.05 Å². The molecule has 0 spiro atoms. The molecular formula is C11H11ClN2O2S. The van der Waals surface area contributed by atoms with Crippen molar-refractivity contribution in [2.24, 2.45) is 7.05 Å². The average molecular weight is 271 g/mol. The molecule has 0 atom stereocenters. The fraction of sp³-hybridized carbons (Fsp3) is 0.273. The monoisotopic (exact) mass is 270 g/mol. The van der Waals surface area contributed by atoms with Gasteiger partial charge in [0.2, 0.25) is 5.78 Å². The lowest BCUT2D eigenvalue weighted by Gasteiger charge is -2.03. The second kappa shape index (κ2) is 4.50. The summed E-state index contributed by atoms with van der Waals surface area (Å²) in [6.07, 6.45) is 1.52. The lowest BCUT2D eigenvalue weighted by atomic mass is 10.2. The van der Waals surface area contributed by atoms with E-state index in [4.69, 9.17) is 16.3 Å². The van der Waals surface area contributed by atoms with E-state index in [2.05, 4.69) is 5.10 Å². The summed E-state index contributed by atoms with van der Waals surface area (Å²) in [7, 11) is 3.21. The van der Waals surface area contributed by atoms with Crippen LogP contribution in [0.3, 0.4) is 0 Å². The number of hydrogen-bond donors (Lipinski definition) is 0. The Morgan fingerprint density at radius 3 is 2.82 bits per heavy atom. The van der Waals surface area contributed by atoms with Crippen LogP contribution in [0, 0.1) is 6.92 Å². The molecule has 17 heavy (non-hydrogen) atoms. The maximum atomic E-state index is 12.3. The first-order chi connectivity index (χ1) is 8.06. The fourth-order valence-electron chi connectivity index (χ4n) is 1.52. The fourth-order valence-corrected chi connectivity index (χ4v) is 2.74. The van der Waals surface area contributed by atoms with Gasteiger partial charge in [-0.25, -0.2) is 0 Å². The molecule has 6 heteroatoms. The van der Waals surface area contributed by atoms with E-state index in [1.165, 1.54) is 29.3 Å². The molecule has 0 N–H and O–H groups in total. The Kier molecular flexibility index (Phi) is 3.22. The predicted octanol–water partition coefficient (Wildman–Crippen LogP) is 2.68. The van der Waals surface area contributed by atoms with Gasteiger partial charge in [-0.15, -0.1) is 11.3 Å². The molecule has 4 nitrogen and oxygen atoms in total. The number of ketones is 1. The highest BCUT2D eigenvalue weighted by Gasteiger charge is 2.23. The van der Waals surface area contributed by atoms with Crippen molar-refractivity contribution < 1.29 is 9.53 Å². The maximum Gasteiger partial charge on any atom is 0.226 e. The third kappa shape index (κ3) is 1.96. The van der Waals surface area contributed by atoms with Gasteiger partial charge in [0.15, 0.2) is 11.4 Å². The van der Waals surface area contributed by atoms with Crippen LogP contribution in [-0.4, -0.2) is 22.7 Å². The number of hydrogen-bond acceptors (Lipinski definition) is 4. The van der Waals surface area contributed by atoms with E-state index in [0.717, 1.165) is 5.56 Å². The van der Waals surface area contributed by atoms with Crippen LogP contribution in [0.15, 0.2) is 11.6 Å². The molecule has 2 aromatic heterocycles. The summed E-state index contributed by atoms with van der Waals surface area (Å²) < 4.78 is 6.61. The van der Waals surface area contributed by atoms with Crippen molar-refractivity contribution in [2.75, 3.05) is 7.11 Å². The van der Waals surface area contributed by atoms with Gasteiger partial charge in [-0.1, -0.05) is 11.6 Å². The molecule has 0 aliphatic carbocycles. The Labute approximate surface area is 108 Å². The molecule has 2 heterocycles. The summed E-state index contributed by atoms with van der Waals surface area (Å²) in [6, 6.07) is 0. The van der Waals surface area contributed by atoms with Crippen molar-refractivity contribution in [2.45, 2.75) is 6.92 Å². The van der Waals surface area contributed by atoms with Crippen LogP contribution in [0.1, 0.15) is 20.9 Å². The zero-order chi connectivity index (χ0) is 12.6. The molecule has 0 saturated heterocycles. The highest BCUT2D eigenvalue weighted by Crippen LogP contribution is 2.31. The highest BCUT2D eigenvalue weighted by atomic mass is 35.5. The summed E-state index contributed by atoms with van der Waals surface area (Å²) in [5, 5.41) is 6.37. The number of ether oxygens (including phenoxy) is 1. The molecule has 2 aromatic rings. The van der Waals surface area contributed by atoms with Crippen molar-refractivity contribution in [3.05, 3.63) is 32.7 Å². The van der Waals surface area contributed by atoms with Gasteiger partial charge >= 0.3 is 0 Å². The molecule has 0 unspecified atom stereocenters. The smallest absolute Gasteiger partial charge is 0.226 e. The molecule has 0 fully saturated rings. The summed E-state index contributed by atoms with van der Waals surface area (Å²) in [4.78, 5) is 12.8. The van der Waals surface area contributed by atoms with E-state index in [9.17, 15) is 4.79 Å². The first-order valence-electron chi connectivity index (χ1n) is 4.90. The molecule has 2 rings (SSSR count). The quantitative estimate of drug-likeness (QED) is 0.806. The number of carbonyl (C=O) groups is 1. The summed E-state index contributed by atoms with van der Waals surface area (Å²) in [5.74, 6) is 0.296. The first kappa shape index (κ1) is 12.1. The molecule has 0 aliphatic rings. The number of nitrogens with zero attached hydrogens (tertiary/aromatic N) is 2. The number of halogens is 1. The van der Waals surface area contributed by atoms with Gasteiger partial charge in [-0.3, -0.25) is 9.48 Å². The third-order valence-electron chi connectivity index (χ3n) is 2.45. The standard InChI is InChI=1S/C11H11ClN2O2S/c1-6-5-17-11(8(6)12)10(15)9-7(16-3)4-13-14(9)2/h4-5H,1-3H3. The van der Waals surface area contributed by atoms with Gasteiger partial charge in [0.1, 0.15) is 0 Å². The molecular weight excluding hydrogens is 260 g/mol. The van der Waals surface area contributed by atoms with E-state index in [0.29, 0.717) is 21.3 Å². The SMILES string of the molecule is COc1cnn(C)c1C(=O)c1scc(C)c1Cl. The van der Waals surface area contributed by atoms with Crippen LogP contribution >= 0.6 is 22.9 Å². The molecule has 90 valence electrons. The summed E-state index contributed by atoms with van der Waals surface area (Å²) in [5.41, 5.74) is 1.32. The van der Waals surface area contributed by atoms with Crippen LogP contribution in [0.5, 0.6) is 5.75 Å². The Balaban J connectivity index is 2.51. The lowest BCUT2D eigenvalue weighted by molar-refractivity contribution is 0.103. The van der Waals surface area contributed by atoms with Crippen LogP contribution < -0.4 is 4.74 Å². The topological polar surface area (TPSA) is 44.1 Å². The number of rotatable bonds is 3. The molecule has 0 saturated carbocycles. The van der Waals surface area contributed by atoms with E-state index in [1.807, 2.05) is 12.3 Å². The zero-order valence-corrected chi connectivity index (χ0v) is 11.2. The average Bonchev–Trinajstić information content (AvgIpc) is 2.83. The number of aryl methyl sites for hydroxylation is 2. The minimum atomic E-state index is -0.162. The van der Waals surface area contributed by atoms with Crippen molar-refractivity contribution in [3.63, 3.8) is 0 Å². The Hall–Kier alpha value is -1.33. The van der Waals surface area contributed by atoms with Crippen molar-refractivity contribution in [1.82, 2.24) is 9.78 Å². The Morgan fingerprint density at radius 2 is 2.29 bits per heavy atom. The van der Waals surface area contributed by atoms with E-state index >= 15 is 0 Å². The van der Waals surface area contributed by atoms with Crippen LogP contribution in [0.25, 0.3) is 0 Å². The minimum absolute atomic E-state index is 0.162. The largest absolute Gasteiger partial charge is 0.493 e. The third-order valence-corrected chi connectivity index (χ3v) is 4.14. The number of aromatic nitrogens is 2. The molecule has 0 radical (unpaired) electrons. The Bertz CT molecular complexity index is 574. The van der Waals surface area contributed by atoms with Crippen molar-refractivity contribution >= 4 is 28.7 Å². The van der Waals surface area contributed by atoms with Crippen molar-refractivity contribution in [1.29, 1.82) is 0 Å². The molecule has 0 amide bonds. The molecule has 0 aliphatic heterocycles. The van der Waals surface area contributed by atoms with Gasteiger partial charge in [0.25, 0.3) is 0 Å². The van der Waals surface area contributed by atoms with Gasteiger partial charge in [-0.2, -0.15) is 5.10 Å². The minimum Gasteiger partial charge on any atom is -0.493 e. The van der Waals surface area contributed by atoms with Crippen LogP contribution in [-0.2, 0) is 7.05 Å². The van der Waals surface area contributed by atoms with Gasteiger partial charge in [-0.05, 0) is 17.9 Å². The number of thiophene rings is 1. The van der Waals surface area contributed by atoms with Crippen molar-refractivity contribution in [3.8, 4) is 5.75 Å². The normalized spacial score (nSPS) is 10.6. The number of carbonyl (C=O) groups excluding carboxylic acids is 1. The number of methoxy groups -OCH3 is 1. The lowest BCUT2D eigenvalue weighted by Crippen LogP contribution is -2.08. The maximum absolute atomic E-state index is 12.3. The van der Waals surface area contributed by atoms with Crippen LogP contribution in [0.2, 0.25) is 5.02 Å². The summed E-state index contributed by atoms with van der Waals surface area (Å²) in [6.45, 7) is 1.87. The van der Waals surface area contributed by atoms with E-state index in [-0.39, 0.29) is 5.78 Å². The highest BCUT2D eigenvalue weighted by molar-refractivity contribution is 7.13. The zero-order valence-electron chi connectivity index (χ0n) is 9.65. The predicted molar refractivity (Wildman–Crippen MR) is 67.3 cm³/mol. The Morgan fingerprint density at radius 1 is 1.59 bits per heavy atom. The van der Waals surface area contributed by atoms with E-state index < -0.39 is 0 Å². The van der Waals surface area contributed by atoms with Gasteiger partial charge in [0.05, 0.1) is 23.2 Å². The second-order valence-electron chi connectivity index (χ2n) is 3.58. The van der Waals surface area contributed by atoms with Crippen LogP contribution in [0.4, 0.5) is 0 Å². The van der Waals surface area contributed by atoms with Gasteiger partial charge < -0.3 is 4.74 Å². The second-order valence-corrected chi connectivity index (χ2v) is 4.83. The molecule has 0 bridgehead atoms. The first-order valence-corrected chi connectivity index (χ1v) is 6.16. The molecule has 0 aromatic carbocycles.